The highest BCUT2D eigenvalue weighted by molar-refractivity contribution is 6.33. The SMILES string of the molecule is N#CC/C=C/C1(O)C(=O)c2ccccc2C1=O. The van der Waals surface area contributed by atoms with E-state index in [0.717, 1.165) is 6.08 Å². The minimum Gasteiger partial charge on any atom is -0.371 e. The first-order valence-corrected chi connectivity index (χ1v) is 5.07. The van der Waals surface area contributed by atoms with E-state index in [1.807, 2.05) is 6.07 Å². The zero-order valence-corrected chi connectivity index (χ0v) is 8.88. The number of fused-ring (bicyclic) bond motifs is 1. The topological polar surface area (TPSA) is 78.2 Å². The van der Waals surface area contributed by atoms with Gasteiger partial charge in [-0.25, -0.2) is 0 Å². The van der Waals surface area contributed by atoms with E-state index in [4.69, 9.17) is 5.26 Å². The van der Waals surface area contributed by atoms with Crippen molar-refractivity contribution in [3.63, 3.8) is 0 Å². The van der Waals surface area contributed by atoms with Crippen LogP contribution in [0.5, 0.6) is 0 Å². The molecule has 0 aliphatic heterocycles. The van der Waals surface area contributed by atoms with Crippen molar-refractivity contribution >= 4 is 11.6 Å². The maximum absolute atomic E-state index is 11.9. The second-order valence-electron chi connectivity index (χ2n) is 3.73. The van der Waals surface area contributed by atoms with Gasteiger partial charge >= 0.3 is 0 Å². The van der Waals surface area contributed by atoms with Crippen LogP contribution in [0.25, 0.3) is 0 Å². The van der Waals surface area contributed by atoms with Crippen LogP contribution in [0.15, 0.2) is 36.4 Å². The van der Waals surface area contributed by atoms with Gasteiger partial charge in [0, 0.05) is 11.1 Å². The number of rotatable bonds is 2. The van der Waals surface area contributed by atoms with Gasteiger partial charge in [-0.05, 0) is 6.08 Å². The number of allylic oxidation sites excluding steroid dienone is 1. The molecule has 0 unspecified atom stereocenters. The Morgan fingerprint density at radius 1 is 1.24 bits per heavy atom. The first kappa shape index (κ1) is 11.2. The smallest absolute Gasteiger partial charge is 0.209 e. The van der Waals surface area contributed by atoms with Gasteiger partial charge in [0.2, 0.25) is 17.2 Å². The number of carbonyl (C=O) groups is 2. The highest BCUT2D eigenvalue weighted by atomic mass is 16.3. The molecule has 2 rings (SSSR count). The fourth-order valence-corrected chi connectivity index (χ4v) is 1.83. The van der Waals surface area contributed by atoms with Crippen molar-refractivity contribution in [1.29, 1.82) is 5.26 Å². The highest BCUT2D eigenvalue weighted by Crippen LogP contribution is 2.30. The zero-order chi connectivity index (χ0) is 12.5. The molecule has 84 valence electrons. The molecule has 4 heteroatoms. The normalized spacial score (nSPS) is 17.2. The summed E-state index contributed by atoms with van der Waals surface area (Å²) in [6, 6.07) is 8.12. The molecule has 0 bridgehead atoms. The lowest BCUT2D eigenvalue weighted by Crippen LogP contribution is -2.38. The van der Waals surface area contributed by atoms with E-state index in [1.165, 1.54) is 18.2 Å². The van der Waals surface area contributed by atoms with Gasteiger partial charge in [-0.15, -0.1) is 0 Å². The van der Waals surface area contributed by atoms with Crippen molar-refractivity contribution in [3.05, 3.63) is 47.5 Å². The number of aliphatic hydroxyl groups is 1. The molecule has 0 spiro atoms. The average molecular weight is 227 g/mol. The summed E-state index contributed by atoms with van der Waals surface area (Å²) in [6.07, 6.45) is 2.46. The van der Waals surface area contributed by atoms with E-state index in [9.17, 15) is 14.7 Å². The summed E-state index contributed by atoms with van der Waals surface area (Å²) in [5.74, 6) is -1.26. The molecule has 1 aliphatic carbocycles. The van der Waals surface area contributed by atoms with Crippen molar-refractivity contribution in [3.8, 4) is 6.07 Å². The summed E-state index contributed by atoms with van der Waals surface area (Å²) < 4.78 is 0. The van der Waals surface area contributed by atoms with E-state index in [0.29, 0.717) is 0 Å². The predicted octanol–water partition coefficient (Wildman–Crippen LogP) is 1.27. The van der Waals surface area contributed by atoms with Gasteiger partial charge in [-0.1, -0.05) is 30.3 Å². The predicted molar refractivity (Wildman–Crippen MR) is 59.4 cm³/mol. The molecule has 0 heterocycles. The Hall–Kier alpha value is -2.25. The third kappa shape index (κ3) is 1.57. The molecule has 1 aromatic rings. The number of hydrogen-bond donors (Lipinski definition) is 1. The fourth-order valence-electron chi connectivity index (χ4n) is 1.83. The summed E-state index contributed by atoms with van der Waals surface area (Å²) in [5.41, 5.74) is -1.69. The molecule has 1 aliphatic rings. The van der Waals surface area contributed by atoms with Gasteiger partial charge < -0.3 is 5.11 Å². The van der Waals surface area contributed by atoms with Crippen LogP contribution in [-0.4, -0.2) is 22.3 Å². The number of Topliss-reactive ketones (excluding diaryl/α,β-unsaturated/α-hetero) is 2. The van der Waals surface area contributed by atoms with Crippen molar-refractivity contribution in [2.75, 3.05) is 0 Å². The molecule has 0 fully saturated rings. The van der Waals surface area contributed by atoms with Gasteiger partial charge in [0.05, 0.1) is 12.5 Å². The van der Waals surface area contributed by atoms with Gasteiger partial charge in [0.25, 0.3) is 0 Å². The summed E-state index contributed by atoms with van der Waals surface area (Å²) in [5, 5.41) is 18.5. The minimum atomic E-state index is -2.14. The van der Waals surface area contributed by atoms with Crippen LogP contribution in [0.1, 0.15) is 27.1 Å². The van der Waals surface area contributed by atoms with Crippen molar-refractivity contribution < 1.29 is 14.7 Å². The van der Waals surface area contributed by atoms with E-state index >= 15 is 0 Å². The zero-order valence-electron chi connectivity index (χ0n) is 8.88. The highest BCUT2D eigenvalue weighted by Gasteiger charge is 2.49. The second-order valence-corrected chi connectivity index (χ2v) is 3.73. The van der Waals surface area contributed by atoms with Crippen LogP contribution >= 0.6 is 0 Å². The van der Waals surface area contributed by atoms with E-state index in [1.54, 1.807) is 12.1 Å². The molecular weight excluding hydrogens is 218 g/mol. The van der Waals surface area contributed by atoms with E-state index in [-0.39, 0.29) is 17.5 Å². The Morgan fingerprint density at radius 2 is 1.76 bits per heavy atom. The molecule has 0 radical (unpaired) electrons. The second kappa shape index (κ2) is 3.96. The van der Waals surface area contributed by atoms with Crippen LogP contribution in [-0.2, 0) is 0 Å². The molecule has 0 amide bonds. The molecule has 0 saturated carbocycles. The largest absolute Gasteiger partial charge is 0.371 e. The lowest BCUT2D eigenvalue weighted by atomic mass is 9.97. The van der Waals surface area contributed by atoms with Crippen molar-refractivity contribution in [2.24, 2.45) is 0 Å². The Bertz CT molecular complexity index is 531. The molecule has 0 saturated heterocycles. The lowest BCUT2D eigenvalue weighted by Gasteiger charge is -2.12. The number of nitriles is 1. The van der Waals surface area contributed by atoms with Crippen LogP contribution in [0.2, 0.25) is 0 Å². The van der Waals surface area contributed by atoms with Gasteiger partial charge in [-0.3, -0.25) is 9.59 Å². The van der Waals surface area contributed by atoms with Gasteiger partial charge in [0.15, 0.2) is 0 Å². The molecular formula is C13H9NO3. The monoisotopic (exact) mass is 227 g/mol. The average Bonchev–Trinajstić information content (AvgIpc) is 2.54. The van der Waals surface area contributed by atoms with E-state index in [2.05, 4.69) is 0 Å². The van der Waals surface area contributed by atoms with Crippen molar-refractivity contribution in [1.82, 2.24) is 0 Å². The number of nitrogens with zero attached hydrogens (tertiary/aromatic N) is 1. The first-order chi connectivity index (χ1) is 8.11. The summed E-state index contributed by atoms with van der Waals surface area (Å²) in [4.78, 5) is 23.8. The maximum Gasteiger partial charge on any atom is 0.209 e. The number of benzene rings is 1. The number of ketones is 2. The Kier molecular flexibility index (Phi) is 2.62. The maximum atomic E-state index is 11.9. The molecule has 0 atom stereocenters. The van der Waals surface area contributed by atoms with Crippen molar-refractivity contribution in [2.45, 2.75) is 12.0 Å². The van der Waals surface area contributed by atoms with Gasteiger partial charge in [-0.2, -0.15) is 5.26 Å². The molecule has 0 aromatic heterocycles. The van der Waals surface area contributed by atoms with Crippen LogP contribution < -0.4 is 0 Å². The summed E-state index contributed by atoms with van der Waals surface area (Å²) in [6.45, 7) is 0. The molecule has 1 N–H and O–H groups in total. The number of carbonyl (C=O) groups excluding carboxylic acids is 2. The molecule has 1 aromatic carbocycles. The molecule has 17 heavy (non-hydrogen) atoms. The minimum absolute atomic E-state index is 0.0409. The molecule has 4 nitrogen and oxygen atoms in total. The van der Waals surface area contributed by atoms with Crippen LogP contribution in [0.4, 0.5) is 0 Å². The van der Waals surface area contributed by atoms with Gasteiger partial charge in [0.1, 0.15) is 0 Å². The number of hydrogen-bond acceptors (Lipinski definition) is 4. The Morgan fingerprint density at radius 3 is 2.24 bits per heavy atom. The van der Waals surface area contributed by atoms with Crippen LogP contribution in [0, 0.1) is 11.3 Å². The third-order valence-electron chi connectivity index (χ3n) is 2.68. The first-order valence-electron chi connectivity index (χ1n) is 5.07. The Balaban J connectivity index is 2.46. The van der Waals surface area contributed by atoms with Crippen LogP contribution in [0.3, 0.4) is 0 Å². The summed E-state index contributed by atoms with van der Waals surface area (Å²) in [7, 11) is 0. The lowest BCUT2D eigenvalue weighted by molar-refractivity contribution is 0.0484. The Labute approximate surface area is 97.8 Å². The summed E-state index contributed by atoms with van der Waals surface area (Å²) >= 11 is 0. The fraction of sp³-hybridized carbons (Fsp3) is 0.154. The standard InChI is InChI=1S/C13H9NO3/c14-8-4-3-7-13(17)11(15)9-5-1-2-6-10(9)12(13)16/h1-3,5-7,17H,4H2/b7-3+. The quantitative estimate of drug-likeness (QED) is 0.609. The van der Waals surface area contributed by atoms with E-state index < -0.39 is 17.2 Å². The third-order valence-corrected chi connectivity index (χ3v) is 2.68.